The van der Waals surface area contributed by atoms with Crippen LogP contribution in [0, 0.1) is 10.8 Å². The Labute approximate surface area is 206 Å². The summed E-state index contributed by atoms with van der Waals surface area (Å²) in [7, 11) is 3.13. The van der Waals surface area contributed by atoms with E-state index in [-0.39, 0.29) is 35.4 Å². The molecule has 0 atom stereocenters. The first-order valence-electron chi connectivity index (χ1n) is 12.1. The normalized spacial score (nSPS) is 21.6. The van der Waals surface area contributed by atoms with Gasteiger partial charge in [0.2, 0.25) is 0 Å². The number of hydrogen-bond donors (Lipinski definition) is 1. The highest BCUT2D eigenvalue weighted by atomic mass is 16.5. The van der Waals surface area contributed by atoms with Gasteiger partial charge in [0.05, 0.1) is 20.6 Å². The average Bonchev–Trinajstić information content (AvgIpc) is 2.75. The van der Waals surface area contributed by atoms with Crippen LogP contribution in [0.1, 0.15) is 71.3 Å². The van der Waals surface area contributed by atoms with Crippen molar-refractivity contribution in [2.75, 3.05) is 20.8 Å². The zero-order valence-electron chi connectivity index (χ0n) is 21.5. The summed E-state index contributed by atoms with van der Waals surface area (Å²) in [6, 6.07) is 5.56. The van der Waals surface area contributed by atoms with Gasteiger partial charge < -0.3 is 19.5 Å². The monoisotopic (exact) mass is 481 g/mol. The standard InChI is InChI=1S/C28H35NO6/c1-27(2)12-17-25(19(30)14-27)24(16-7-8-21(34-5)22(11-16)35-6)26-18(29(17)10-9-23(32)33)13-28(3,4)15-20(26)31/h7-8,11,24H,9-10,12-15H2,1-6H3,(H,32,33). The summed E-state index contributed by atoms with van der Waals surface area (Å²) >= 11 is 0. The molecule has 0 saturated heterocycles. The minimum Gasteiger partial charge on any atom is -0.493 e. The summed E-state index contributed by atoms with van der Waals surface area (Å²) in [6.07, 6.45) is 1.97. The van der Waals surface area contributed by atoms with Crippen molar-refractivity contribution in [1.29, 1.82) is 0 Å². The molecule has 4 rings (SSSR count). The van der Waals surface area contributed by atoms with Crippen LogP contribution in [0.3, 0.4) is 0 Å². The molecule has 7 nitrogen and oxygen atoms in total. The molecule has 1 aromatic carbocycles. The maximum absolute atomic E-state index is 13.7. The lowest BCUT2D eigenvalue weighted by Crippen LogP contribution is -2.45. The van der Waals surface area contributed by atoms with Crippen LogP contribution in [0.4, 0.5) is 0 Å². The Balaban J connectivity index is 1.99. The molecule has 0 spiro atoms. The van der Waals surface area contributed by atoms with E-state index in [1.54, 1.807) is 20.3 Å². The van der Waals surface area contributed by atoms with Crippen LogP contribution in [0.5, 0.6) is 11.5 Å². The fourth-order valence-electron chi connectivity index (χ4n) is 5.89. The summed E-state index contributed by atoms with van der Waals surface area (Å²) in [5, 5.41) is 9.46. The van der Waals surface area contributed by atoms with Gasteiger partial charge in [0.1, 0.15) is 0 Å². The molecule has 1 aromatic rings. The zero-order valence-corrected chi connectivity index (χ0v) is 21.5. The van der Waals surface area contributed by atoms with E-state index in [2.05, 4.69) is 27.7 Å². The Bertz CT molecular complexity index is 1100. The van der Waals surface area contributed by atoms with Crippen LogP contribution >= 0.6 is 0 Å². The fraction of sp³-hybridized carbons (Fsp3) is 0.536. The number of hydrogen-bond acceptors (Lipinski definition) is 6. The Morgan fingerprint density at radius 3 is 1.89 bits per heavy atom. The van der Waals surface area contributed by atoms with Crippen molar-refractivity contribution in [3.05, 3.63) is 46.3 Å². The van der Waals surface area contributed by atoms with Gasteiger partial charge in [-0.15, -0.1) is 0 Å². The summed E-state index contributed by atoms with van der Waals surface area (Å²) in [5.41, 5.74) is 3.25. The number of nitrogens with zero attached hydrogens (tertiary/aromatic N) is 1. The molecule has 1 aliphatic heterocycles. The number of Topliss-reactive ketones (excluding diaryl/α,β-unsaturated/α-hetero) is 2. The quantitative estimate of drug-likeness (QED) is 0.620. The van der Waals surface area contributed by atoms with Gasteiger partial charge in [-0.3, -0.25) is 14.4 Å². The van der Waals surface area contributed by atoms with Gasteiger partial charge in [0, 0.05) is 47.8 Å². The molecular weight excluding hydrogens is 446 g/mol. The van der Waals surface area contributed by atoms with Crippen molar-refractivity contribution in [3.63, 3.8) is 0 Å². The summed E-state index contributed by atoms with van der Waals surface area (Å²) < 4.78 is 11.0. The van der Waals surface area contributed by atoms with Crippen LogP contribution in [0.25, 0.3) is 0 Å². The minimum atomic E-state index is -0.904. The third kappa shape index (κ3) is 4.60. The van der Waals surface area contributed by atoms with Gasteiger partial charge in [0.25, 0.3) is 0 Å². The number of methoxy groups -OCH3 is 2. The SMILES string of the molecule is COc1ccc(C2C3=C(CC(C)(C)CC3=O)N(CCC(=O)O)C3=C2C(=O)CC(C)(C)C3)cc1OC. The van der Waals surface area contributed by atoms with Crippen LogP contribution in [0.15, 0.2) is 40.7 Å². The molecule has 0 radical (unpaired) electrons. The number of allylic oxidation sites excluding steroid dienone is 4. The Morgan fingerprint density at radius 1 is 0.914 bits per heavy atom. The predicted molar refractivity (Wildman–Crippen MR) is 131 cm³/mol. The van der Waals surface area contributed by atoms with E-state index in [0.29, 0.717) is 48.3 Å². The van der Waals surface area contributed by atoms with E-state index < -0.39 is 11.9 Å². The van der Waals surface area contributed by atoms with Gasteiger partial charge in [-0.2, -0.15) is 0 Å². The topological polar surface area (TPSA) is 93.1 Å². The molecule has 188 valence electrons. The number of benzene rings is 1. The molecule has 0 fully saturated rings. The molecule has 0 bridgehead atoms. The minimum absolute atomic E-state index is 0.0144. The second-order valence-electron chi connectivity index (χ2n) is 11.4. The molecule has 3 aliphatic rings. The molecule has 2 aliphatic carbocycles. The average molecular weight is 482 g/mol. The lowest BCUT2D eigenvalue weighted by molar-refractivity contribution is -0.137. The zero-order chi connectivity index (χ0) is 25.7. The number of carboxylic acids is 1. The number of carbonyl (C=O) groups is 3. The van der Waals surface area contributed by atoms with Crippen LogP contribution in [0.2, 0.25) is 0 Å². The smallest absolute Gasteiger partial charge is 0.305 e. The maximum atomic E-state index is 13.7. The summed E-state index contributed by atoms with van der Waals surface area (Å²) in [4.78, 5) is 41.0. The Hall–Kier alpha value is -3.09. The molecule has 0 amide bonds. The first-order chi connectivity index (χ1) is 16.4. The fourth-order valence-corrected chi connectivity index (χ4v) is 5.89. The largest absolute Gasteiger partial charge is 0.493 e. The maximum Gasteiger partial charge on any atom is 0.305 e. The third-order valence-corrected chi connectivity index (χ3v) is 7.31. The molecule has 0 aromatic heterocycles. The van der Waals surface area contributed by atoms with Gasteiger partial charge in [0.15, 0.2) is 23.1 Å². The van der Waals surface area contributed by atoms with Gasteiger partial charge in [-0.05, 0) is 41.4 Å². The second kappa shape index (κ2) is 8.85. The molecular formula is C28H35NO6. The van der Waals surface area contributed by atoms with Crippen molar-refractivity contribution in [1.82, 2.24) is 4.90 Å². The number of carbonyl (C=O) groups excluding carboxylic acids is 2. The molecule has 35 heavy (non-hydrogen) atoms. The lowest BCUT2D eigenvalue weighted by atomic mass is 9.63. The molecule has 0 saturated carbocycles. The van der Waals surface area contributed by atoms with Crippen LogP contribution < -0.4 is 9.47 Å². The summed E-state index contributed by atoms with van der Waals surface area (Å²) in [6.45, 7) is 8.49. The van der Waals surface area contributed by atoms with Crippen molar-refractivity contribution in [2.45, 2.75) is 65.7 Å². The highest BCUT2D eigenvalue weighted by molar-refractivity contribution is 6.06. The third-order valence-electron chi connectivity index (χ3n) is 7.31. The van der Waals surface area contributed by atoms with Crippen LogP contribution in [-0.4, -0.2) is 48.3 Å². The van der Waals surface area contributed by atoms with E-state index in [1.807, 2.05) is 17.0 Å². The number of aliphatic carboxylic acids is 1. The van der Waals surface area contributed by atoms with Crippen LogP contribution in [-0.2, 0) is 14.4 Å². The summed E-state index contributed by atoms with van der Waals surface area (Å²) in [5.74, 6) is -0.270. The first kappa shape index (κ1) is 25.0. The molecule has 7 heteroatoms. The molecule has 1 heterocycles. The van der Waals surface area contributed by atoms with Gasteiger partial charge in [-0.25, -0.2) is 0 Å². The molecule has 1 N–H and O–H groups in total. The highest BCUT2D eigenvalue weighted by Crippen LogP contribution is 2.54. The van der Waals surface area contributed by atoms with E-state index in [1.165, 1.54) is 0 Å². The van der Waals surface area contributed by atoms with Gasteiger partial charge >= 0.3 is 5.97 Å². The number of ether oxygens (including phenoxy) is 2. The lowest BCUT2D eigenvalue weighted by Gasteiger charge is -2.49. The van der Waals surface area contributed by atoms with Crippen molar-refractivity contribution in [3.8, 4) is 11.5 Å². The van der Waals surface area contributed by atoms with Crippen molar-refractivity contribution in [2.24, 2.45) is 10.8 Å². The second-order valence-corrected chi connectivity index (χ2v) is 11.4. The van der Waals surface area contributed by atoms with Crippen molar-refractivity contribution >= 4 is 17.5 Å². The van der Waals surface area contributed by atoms with E-state index in [4.69, 9.17) is 9.47 Å². The number of carboxylic acid groups (broad SMARTS) is 1. The molecule has 0 unspecified atom stereocenters. The number of ketones is 2. The first-order valence-corrected chi connectivity index (χ1v) is 12.1. The number of rotatable bonds is 6. The van der Waals surface area contributed by atoms with Gasteiger partial charge in [-0.1, -0.05) is 33.8 Å². The van der Waals surface area contributed by atoms with E-state index >= 15 is 0 Å². The van der Waals surface area contributed by atoms with Crippen molar-refractivity contribution < 1.29 is 29.0 Å². The van der Waals surface area contributed by atoms with E-state index in [9.17, 15) is 19.5 Å². The Kier molecular flexibility index (Phi) is 6.32. The predicted octanol–water partition coefficient (Wildman–Crippen LogP) is 4.86. The van der Waals surface area contributed by atoms with E-state index in [0.717, 1.165) is 17.0 Å². The Morgan fingerprint density at radius 2 is 1.43 bits per heavy atom. The highest BCUT2D eigenvalue weighted by Gasteiger charge is 2.49.